The van der Waals surface area contributed by atoms with Crippen LogP contribution in [-0.2, 0) is 0 Å². The molecular weight excluding hydrogens is 286 g/mol. The second kappa shape index (κ2) is 6.58. The number of benzene rings is 1. The fourth-order valence-electron chi connectivity index (χ4n) is 1.91. The maximum Gasteiger partial charge on any atom is 0.412 e. The molecule has 0 aromatic heterocycles. The molecule has 0 heterocycles. The van der Waals surface area contributed by atoms with Gasteiger partial charge in [0.05, 0.1) is 31.5 Å². The number of ether oxygens (including phenoxy) is 1. The van der Waals surface area contributed by atoms with E-state index >= 15 is 0 Å². The van der Waals surface area contributed by atoms with Gasteiger partial charge in [0.2, 0.25) is 0 Å². The van der Waals surface area contributed by atoms with Crippen molar-refractivity contribution in [3.63, 3.8) is 0 Å². The molecule has 20 heavy (non-hydrogen) atoms. The van der Waals surface area contributed by atoms with E-state index in [1.54, 1.807) is 6.92 Å². The highest BCUT2D eigenvalue weighted by Gasteiger charge is 2.26. The van der Waals surface area contributed by atoms with Crippen molar-refractivity contribution < 1.29 is 24.5 Å². The van der Waals surface area contributed by atoms with Crippen molar-refractivity contribution in [2.75, 3.05) is 25.2 Å². The van der Waals surface area contributed by atoms with E-state index in [0.29, 0.717) is 5.56 Å². The van der Waals surface area contributed by atoms with Crippen LogP contribution in [0, 0.1) is 6.92 Å². The number of halogens is 1. The van der Waals surface area contributed by atoms with Crippen LogP contribution in [0.2, 0.25) is 5.02 Å². The Morgan fingerprint density at radius 1 is 1.45 bits per heavy atom. The summed E-state index contributed by atoms with van der Waals surface area (Å²) in [5.41, 5.74) is 0.832. The molecule has 1 rings (SSSR count). The number of carbonyl (C=O) groups excluding carboxylic acids is 1. The molecule has 0 fully saturated rings. The third-order valence-electron chi connectivity index (χ3n) is 2.85. The van der Waals surface area contributed by atoms with Gasteiger partial charge in [-0.25, -0.2) is 4.79 Å². The Balaban J connectivity index is 3.64. The first-order chi connectivity index (χ1) is 9.34. The smallest absolute Gasteiger partial charge is 0.412 e. The maximum absolute atomic E-state index is 11.6. The van der Waals surface area contributed by atoms with Gasteiger partial charge >= 0.3 is 6.09 Å². The Hall–Kier alpha value is -1.79. The molecule has 0 bridgehead atoms. The molecule has 7 heteroatoms. The Labute approximate surface area is 121 Å². The van der Waals surface area contributed by atoms with Crippen LogP contribution < -0.4 is 9.64 Å². The molecular formula is C13H16ClNO5. The molecule has 1 amide bonds. The molecule has 6 nitrogen and oxygen atoms in total. The van der Waals surface area contributed by atoms with Crippen molar-refractivity contribution >= 4 is 29.2 Å². The maximum atomic E-state index is 11.6. The minimum absolute atomic E-state index is 0.134. The van der Waals surface area contributed by atoms with E-state index in [9.17, 15) is 14.7 Å². The summed E-state index contributed by atoms with van der Waals surface area (Å²) < 4.78 is 5.18. The third-order valence-corrected chi connectivity index (χ3v) is 3.24. The zero-order chi connectivity index (χ0) is 15.4. The van der Waals surface area contributed by atoms with Gasteiger partial charge in [-0.15, -0.1) is 0 Å². The van der Waals surface area contributed by atoms with E-state index in [0.717, 1.165) is 4.90 Å². The number of nitrogens with zero attached hydrogens (tertiary/aromatic N) is 1. The van der Waals surface area contributed by atoms with Crippen LogP contribution in [-0.4, -0.2) is 42.4 Å². The molecule has 2 N–H and O–H groups in total. The minimum Gasteiger partial charge on any atom is -0.494 e. The van der Waals surface area contributed by atoms with Crippen molar-refractivity contribution in [2.24, 2.45) is 0 Å². The molecule has 0 saturated heterocycles. The van der Waals surface area contributed by atoms with Crippen LogP contribution in [0.4, 0.5) is 10.5 Å². The number of hydrogen-bond donors (Lipinski definition) is 2. The molecule has 0 aliphatic rings. The molecule has 110 valence electrons. The Bertz CT molecular complexity index is 544. The average molecular weight is 302 g/mol. The summed E-state index contributed by atoms with van der Waals surface area (Å²) >= 11 is 6.05. The van der Waals surface area contributed by atoms with Gasteiger partial charge in [0, 0.05) is 5.02 Å². The lowest BCUT2D eigenvalue weighted by Gasteiger charge is -2.24. The van der Waals surface area contributed by atoms with Gasteiger partial charge in [0.1, 0.15) is 0 Å². The van der Waals surface area contributed by atoms with Crippen molar-refractivity contribution in [3.05, 3.63) is 22.2 Å². The highest BCUT2D eigenvalue weighted by Crippen LogP contribution is 2.39. The van der Waals surface area contributed by atoms with E-state index in [1.807, 2.05) is 0 Å². The lowest BCUT2D eigenvalue weighted by Crippen LogP contribution is -2.33. The summed E-state index contributed by atoms with van der Waals surface area (Å²) in [6.45, 7) is 2.45. The number of methoxy groups -OCH3 is 1. The molecule has 0 saturated carbocycles. The van der Waals surface area contributed by atoms with E-state index in [-0.39, 0.29) is 41.0 Å². The summed E-state index contributed by atoms with van der Waals surface area (Å²) in [6, 6.07) is 1.44. The first-order valence-electron chi connectivity index (χ1n) is 5.84. The number of rotatable bonds is 5. The summed E-state index contributed by atoms with van der Waals surface area (Å²) in [5, 5.41) is 18.5. The Morgan fingerprint density at radius 3 is 2.45 bits per heavy atom. The molecule has 1 aromatic rings. The van der Waals surface area contributed by atoms with Crippen molar-refractivity contribution in [3.8, 4) is 5.75 Å². The highest BCUT2D eigenvalue weighted by molar-refractivity contribution is 6.32. The molecule has 0 atom stereocenters. The number of carbonyl (C=O) groups is 2. The number of carboxylic acid groups (broad SMARTS) is 1. The SMILES string of the molecule is COc1c(C(C)=O)cc(Cl)c(C)c1N(CCO)C(=O)O. The second-order valence-electron chi connectivity index (χ2n) is 4.13. The minimum atomic E-state index is -1.27. The quantitative estimate of drug-likeness (QED) is 0.815. The van der Waals surface area contributed by atoms with Crippen LogP contribution in [0.25, 0.3) is 0 Å². The van der Waals surface area contributed by atoms with Gasteiger partial charge in [-0.1, -0.05) is 11.6 Å². The van der Waals surface area contributed by atoms with Crippen LogP contribution in [0.15, 0.2) is 6.07 Å². The van der Waals surface area contributed by atoms with Gasteiger partial charge < -0.3 is 14.9 Å². The van der Waals surface area contributed by atoms with E-state index in [1.165, 1.54) is 20.1 Å². The second-order valence-corrected chi connectivity index (χ2v) is 4.53. The lowest BCUT2D eigenvalue weighted by atomic mass is 10.0. The average Bonchev–Trinajstić information content (AvgIpc) is 2.38. The summed E-state index contributed by atoms with van der Waals surface area (Å²) in [7, 11) is 1.34. The monoisotopic (exact) mass is 301 g/mol. The van der Waals surface area contributed by atoms with Gasteiger partial charge in [-0.05, 0) is 25.5 Å². The predicted octanol–water partition coefficient (Wildman–Crippen LogP) is 2.34. The van der Waals surface area contributed by atoms with Crippen molar-refractivity contribution in [1.82, 2.24) is 0 Å². The summed E-state index contributed by atoms with van der Waals surface area (Å²) in [6.07, 6.45) is -1.27. The largest absolute Gasteiger partial charge is 0.494 e. The number of hydrogen-bond acceptors (Lipinski definition) is 4. The standard InChI is InChI=1S/C13H16ClNO5/c1-7-10(14)6-9(8(2)17)12(20-3)11(7)15(4-5-16)13(18)19/h6,16H,4-5H2,1-3H3,(H,18,19). The Kier molecular flexibility index (Phi) is 5.35. The van der Waals surface area contributed by atoms with E-state index in [2.05, 4.69) is 0 Å². The molecule has 0 spiro atoms. The van der Waals surface area contributed by atoms with Gasteiger partial charge in [0.15, 0.2) is 11.5 Å². The van der Waals surface area contributed by atoms with Gasteiger partial charge in [0.25, 0.3) is 0 Å². The van der Waals surface area contributed by atoms with Crippen LogP contribution in [0.3, 0.4) is 0 Å². The number of ketones is 1. The number of Topliss-reactive ketones (excluding diaryl/α,β-unsaturated/α-hetero) is 1. The number of amides is 1. The predicted molar refractivity (Wildman–Crippen MR) is 75.2 cm³/mol. The topological polar surface area (TPSA) is 87.1 Å². The number of aliphatic hydroxyl groups is 1. The van der Waals surface area contributed by atoms with Crippen LogP contribution in [0.5, 0.6) is 5.75 Å². The molecule has 0 aliphatic heterocycles. The van der Waals surface area contributed by atoms with Crippen LogP contribution >= 0.6 is 11.6 Å². The zero-order valence-corrected chi connectivity index (χ0v) is 12.2. The normalized spacial score (nSPS) is 10.2. The van der Waals surface area contributed by atoms with E-state index in [4.69, 9.17) is 21.4 Å². The highest BCUT2D eigenvalue weighted by atomic mass is 35.5. The van der Waals surface area contributed by atoms with Gasteiger partial charge in [-0.3, -0.25) is 9.69 Å². The van der Waals surface area contributed by atoms with E-state index < -0.39 is 6.09 Å². The lowest BCUT2D eigenvalue weighted by molar-refractivity contribution is 0.101. The summed E-state index contributed by atoms with van der Waals surface area (Å²) in [5.74, 6) is -0.158. The fraction of sp³-hybridized carbons (Fsp3) is 0.385. The first-order valence-corrected chi connectivity index (χ1v) is 6.22. The van der Waals surface area contributed by atoms with Crippen molar-refractivity contribution in [1.29, 1.82) is 0 Å². The fourth-order valence-corrected chi connectivity index (χ4v) is 2.11. The molecule has 1 aromatic carbocycles. The number of anilines is 1. The molecule has 0 radical (unpaired) electrons. The summed E-state index contributed by atoms with van der Waals surface area (Å²) in [4.78, 5) is 23.9. The van der Waals surface area contributed by atoms with Crippen LogP contribution in [0.1, 0.15) is 22.8 Å². The Morgan fingerprint density at radius 2 is 2.05 bits per heavy atom. The first kappa shape index (κ1) is 16.3. The number of aliphatic hydroxyl groups excluding tert-OH is 1. The third kappa shape index (κ3) is 3.02. The van der Waals surface area contributed by atoms with Crippen molar-refractivity contribution in [2.45, 2.75) is 13.8 Å². The molecule has 0 aliphatic carbocycles. The molecule has 0 unspecified atom stereocenters. The zero-order valence-electron chi connectivity index (χ0n) is 11.4. The van der Waals surface area contributed by atoms with Gasteiger partial charge in [-0.2, -0.15) is 0 Å².